The van der Waals surface area contributed by atoms with Gasteiger partial charge in [0, 0.05) is 24.6 Å². The second kappa shape index (κ2) is 6.95. The average molecular weight is 257 g/mol. The normalized spacial score (nSPS) is 18.1. The van der Waals surface area contributed by atoms with Gasteiger partial charge in [0.2, 0.25) is 0 Å². The summed E-state index contributed by atoms with van der Waals surface area (Å²) in [7, 11) is 0. The van der Waals surface area contributed by atoms with Crippen molar-refractivity contribution in [3.63, 3.8) is 0 Å². The molecule has 1 aliphatic rings. The highest BCUT2D eigenvalue weighted by molar-refractivity contribution is 5.85. The predicted molar refractivity (Wildman–Crippen MR) is 72.7 cm³/mol. The molecule has 5 heteroatoms. The van der Waals surface area contributed by atoms with Crippen LogP contribution in [0.4, 0.5) is 0 Å². The number of nitrogens with zero attached hydrogens (tertiary/aromatic N) is 2. The maximum atomic E-state index is 8.94. The van der Waals surface area contributed by atoms with E-state index in [1.54, 1.807) is 0 Å². The van der Waals surface area contributed by atoms with Crippen molar-refractivity contribution >= 4 is 5.84 Å². The summed E-state index contributed by atoms with van der Waals surface area (Å²) in [6, 6.07) is 0.666. The van der Waals surface area contributed by atoms with Gasteiger partial charge in [0.05, 0.1) is 0 Å². The smallest absolute Gasteiger partial charge is 0.144 e. The van der Waals surface area contributed by atoms with E-state index in [-0.39, 0.29) is 12.0 Å². The molecule has 0 atom stereocenters. The lowest BCUT2D eigenvalue weighted by Crippen LogP contribution is -2.44. The predicted octanol–water partition coefficient (Wildman–Crippen LogP) is 1.39. The van der Waals surface area contributed by atoms with Crippen molar-refractivity contribution in [2.24, 2.45) is 16.3 Å². The molecule has 0 aliphatic heterocycles. The van der Waals surface area contributed by atoms with Gasteiger partial charge in [0.15, 0.2) is 0 Å². The first-order valence-corrected chi connectivity index (χ1v) is 6.84. The van der Waals surface area contributed by atoms with Crippen LogP contribution >= 0.6 is 0 Å². The SMILES string of the molecule is CC(C)(CCN(CCCO)C1CCC1)C(N)=NO. The van der Waals surface area contributed by atoms with Crippen molar-refractivity contribution in [3.05, 3.63) is 0 Å². The van der Waals surface area contributed by atoms with Crippen LogP contribution in [0.15, 0.2) is 5.16 Å². The van der Waals surface area contributed by atoms with Crippen molar-refractivity contribution in [1.29, 1.82) is 0 Å². The highest BCUT2D eigenvalue weighted by Crippen LogP contribution is 2.27. The van der Waals surface area contributed by atoms with Crippen LogP contribution in [-0.2, 0) is 0 Å². The van der Waals surface area contributed by atoms with E-state index in [0.29, 0.717) is 11.9 Å². The van der Waals surface area contributed by atoms with E-state index in [9.17, 15) is 0 Å². The van der Waals surface area contributed by atoms with E-state index in [0.717, 1.165) is 25.9 Å². The molecule has 4 N–H and O–H groups in total. The number of nitrogens with two attached hydrogens (primary N) is 1. The van der Waals surface area contributed by atoms with Crippen LogP contribution in [-0.4, -0.2) is 46.8 Å². The molecular weight excluding hydrogens is 230 g/mol. The molecule has 0 bridgehead atoms. The molecule has 5 nitrogen and oxygen atoms in total. The van der Waals surface area contributed by atoms with Crippen LogP contribution in [0.25, 0.3) is 0 Å². The summed E-state index contributed by atoms with van der Waals surface area (Å²) in [5.41, 5.74) is 5.42. The third-order valence-corrected chi connectivity index (χ3v) is 4.02. The third-order valence-electron chi connectivity index (χ3n) is 4.02. The molecule has 0 aromatic carbocycles. The molecule has 0 aromatic heterocycles. The zero-order chi connectivity index (χ0) is 13.6. The van der Waals surface area contributed by atoms with Gasteiger partial charge in [-0.05, 0) is 32.2 Å². The summed E-state index contributed by atoms with van der Waals surface area (Å²) in [5.74, 6) is 0.290. The minimum absolute atomic E-state index is 0.243. The van der Waals surface area contributed by atoms with Crippen LogP contribution < -0.4 is 5.73 Å². The number of aliphatic hydroxyl groups is 1. The summed E-state index contributed by atoms with van der Waals surface area (Å²) in [5, 5.41) is 20.8. The van der Waals surface area contributed by atoms with E-state index in [2.05, 4.69) is 10.1 Å². The molecule has 18 heavy (non-hydrogen) atoms. The first-order chi connectivity index (χ1) is 8.51. The van der Waals surface area contributed by atoms with Crippen molar-refractivity contribution in [2.45, 2.75) is 52.0 Å². The molecule has 0 spiro atoms. The Balaban J connectivity index is 2.45. The Morgan fingerprint density at radius 3 is 2.50 bits per heavy atom. The minimum atomic E-state index is -0.282. The first-order valence-electron chi connectivity index (χ1n) is 6.84. The van der Waals surface area contributed by atoms with Crippen molar-refractivity contribution in [3.8, 4) is 0 Å². The molecule has 1 fully saturated rings. The van der Waals surface area contributed by atoms with E-state index in [1.807, 2.05) is 13.8 Å². The fourth-order valence-electron chi connectivity index (χ4n) is 2.19. The Morgan fingerprint density at radius 1 is 1.39 bits per heavy atom. The standard InChI is InChI=1S/C13H27N3O2/c1-13(2,12(14)15-18)7-9-16(8-4-10-17)11-5-3-6-11/h11,17-18H,3-10H2,1-2H3,(H2,14,15). The maximum Gasteiger partial charge on any atom is 0.144 e. The Bertz CT molecular complexity index is 275. The van der Waals surface area contributed by atoms with Crippen molar-refractivity contribution < 1.29 is 10.3 Å². The second-order valence-corrected chi connectivity index (χ2v) is 5.82. The van der Waals surface area contributed by atoms with Crippen molar-refractivity contribution in [1.82, 2.24) is 4.90 Å². The summed E-state index contributed by atoms with van der Waals surface area (Å²) in [4.78, 5) is 2.44. The Hall–Kier alpha value is -0.810. The van der Waals surface area contributed by atoms with Gasteiger partial charge in [-0.15, -0.1) is 0 Å². The van der Waals surface area contributed by atoms with E-state index in [1.165, 1.54) is 19.3 Å². The largest absolute Gasteiger partial charge is 0.409 e. The van der Waals surface area contributed by atoms with Gasteiger partial charge in [-0.25, -0.2) is 0 Å². The van der Waals surface area contributed by atoms with Gasteiger partial charge in [-0.2, -0.15) is 0 Å². The lowest BCUT2D eigenvalue weighted by atomic mass is 9.86. The molecule has 1 saturated carbocycles. The molecule has 0 radical (unpaired) electrons. The monoisotopic (exact) mass is 257 g/mol. The Morgan fingerprint density at radius 2 is 2.06 bits per heavy atom. The second-order valence-electron chi connectivity index (χ2n) is 5.82. The molecule has 106 valence electrons. The zero-order valence-electron chi connectivity index (χ0n) is 11.6. The lowest BCUT2D eigenvalue weighted by molar-refractivity contribution is 0.107. The minimum Gasteiger partial charge on any atom is -0.409 e. The van der Waals surface area contributed by atoms with Crippen LogP contribution in [0, 0.1) is 5.41 Å². The zero-order valence-corrected chi connectivity index (χ0v) is 11.6. The number of rotatable bonds is 8. The summed E-state index contributed by atoms with van der Waals surface area (Å²) < 4.78 is 0. The number of aliphatic hydroxyl groups excluding tert-OH is 1. The Labute approximate surface area is 110 Å². The van der Waals surface area contributed by atoms with E-state index < -0.39 is 0 Å². The molecular formula is C13H27N3O2. The highest BCUT2D eigenvalue weighted by Gasteiger charge is 2.28. The number of hydrogen-bond donors (Lipinski definition) is 3. The third kappa shape index (κ3) is 4.14. The van der Waals surface area contributed by atoms with Gasteiger partial charge in [-0.1, -0.05) is 25.4 Å². The van der Waals surface area contributed by atoms with Crippen molar-refractivity contribution in [2.75, 3.05) is 19.7 Å². The Kier molecular flexibility index (Phi) is 5.88. The van der Waals surface area contributed by atoms with Crippen LogP contribution in [0.1, 0.15) is 46.0 Å². The van der Waals surface area contributed by atoms with Gasteiger partial charge < -0.3 is 20.9 Å². The van der Waals surface area contributed by atoms with Gasteiger partial charge in [-0.3, -0.25) is 0 Å². The number of hydrogen-bond acceptors (Lipinski definition) is 4. The molecule has 0 aromatic rings. The highest BCUT2D eigenvalue weighted by atomic mass is 16.4. The quantitative estimate of drug-likeness (QED) is 0.265. The molecule has 0 heterocycles. The number of oxime groups is 1. The summed E-state index contributed by atoms with van der Waals surface area (Å²) in [6.45, 7) is 6.11. The maximum absolute atomic E-state index is 8.94. The van der Waals surface area contributed by atoms with Crippen LogP contribution in [0.2, 0.25) is 0 Å². The molecule has 0 saturated heterocycles. The molecule has 0 amide bonds. The summed E-state index contributed by atoms with van der Waals surface area (Å²) in [6.07, 6.45) is 5.51. The van der Waals surface area contributed by atoms with Gasteiger partial charge >= 0.3 is 0 Å². The fourth-order valence-corrected chi connectivity index (χ4v) is 2.19. The molecule has 1 aliphatic carbocycles. The summed E-state index contributed by atoms with van der Waals surface area (Å²) >= 11 is 0. The molecule has 1 rings (SSSR count). The first kappa shape index (κ1) is 15.2. The number of amidine groups is 1. The van der Waals surface area contributed by atoms with Crippen LogP contribution in [0.3, 0.4) is 0 Å². The van der Waals surface area contributed by atoms with E-state index >= 15 is 0 Å². The average Bonchev–Trinajstić information content (AvgIpc) is 2.29. The van der Waals surface area contributed by atoms with Gasteiger partial charge in [0.1, 0.15) is 5.84 Å². The van der Waals surface area contributed by atoms with Crippen LogP contribution in [0.5, 0.6) is 0 Å². The van der Waals surface area contributed by atoms with Gasteiger partial charge in [0.25, 0.3) is 0 Å². The lowest BCUT2D eigenvalue weighted by Gasteiger charge is -2.39. The topological polar surface area (TPSA) is 82.1 Å². The molecule has 0 unspecified atom stereocenters. The fraction of sp³-hybridized carbons (Fsp3) is 0.923. The van der Waals surface area contributed by atoms with E-state index in [4.69, 9.17) is 16.0 Å².